The van der Waals surface area contributed by atoms with Gasteiger partial charge < -0.3 is 24.7 Å². The van der Waals surface area contributed by atoms with E-state index in [1.807, 2.05) is 54.6 Å². The first kappa shape index (κ1) is 27.0. The number of benzene rings is 2. The molecule has 0 bridgehead atoms. The van der Waals surface area contributed by atoms with E-state index in [-0.39, 0.29) is 11.6 Å². The standard InChI is InChI=1S/C30H37N5O3/c1-5-7-23(8-6-2)32-28-27-26(17-18-31-29(27)36)33-30(34-28)35(19-21-9-13-24(37-3)14-10-21)20-22-11-15-25(38-4)16-12-22/h9-18,23H,5-8,19-20H2,1-4H3,(H,31,36)(H,32,33,34). The SMILES string of the molecule is CCCC(CCC)Nc1nc(N(Cc2ccc(OC)cc2)Cc2ccc(OC)cc2)nc2cc[nH]c(=O)c12. The molecule has 2 heterocycles. The van der Waals surface area contributed by atoms with Crippen LogP contribution in [0.2, 0.25) is 0 Å². The highest BCUT2D eigenvalue weighted by atomic mass is 16.5. The van der Waals surface area contributed by atoms with Gasteiger partial charge >= 0.3 is 0 Å². The Hall–Kier alpha value is -4.07. The normalized spacial score (nSPS) is 11.1. The fourth-order valence-electron chi connectivity index (χ4n) is 4.60. The van der Waals surface area contributed by atoms with Gasteiger partial charge in [-0.05, 0) is 54.3 Å². The van der Waals surface area contributed by atoms with Gasteiger partial charge in [0.15, 0.2) is 0 Å². The number of fused-ring (bicyclic) bond motifs is 1. The Kier molecular flexibility index (Phi) is 9.19. The van der Waals surface area contributed by atoms with Crippen molar-refractivity contribution < 1.29 is 9.47 Å². The van der Waals surface area contributed by atoms with E-state index < -0.39 is 0 Å². The van der Waals surface area contributed by atoms with Gasteiger partial charge in [0.2, 0.25) is 5.95 Å². The second kappa shape index (κ2) is 12.9. The van der Waals surface area contributed by atoms with E-state index in [2.05, 4.69) is 29.0 Å². The zero-order valence-electron chi connectivity index (χ0n) is 22.7. The van der Waals surface area contributed by atoms with E-state index in [1.165, 1.54) is 0 Å². The first-order valence-corrected chi connectivity index (χ1v) is 13.2. The summed E-state index contributed by atoms with van der Waals surface area (Å²) in [4.78, 5) is 27.6. The van der Waals surface area contributed by atoms with E-state index in [1.54, 1.807) is 20.4 Å². The number of rotatable bonds is 13. The molecule has 0 amide bonds. The number of nitrogens with one attached hydrogen (secondary N) is 2. The molecular formula is C30H37N5O3. The third kappa shape index (κ3) is 6.62. The van der Waals surface area contributed by atoms with E-state index in [4.69, 9.17) is 19.4 Å². The van der Waals surface area contributed by atoms with Crippen LogP contribution in [0.3, 0.4) is 0 Å². The molecule has 0 atom stereocenters. The summed E-state index contributed by atoms with van der Waals surface area (Å²) in [5.74, 6) is 2.75. The molecule has 2 aromatic carbocycles. The van der Waals surface area contributed by atoms with Crippen LogP contribution < -0.4 is 25.2 Å². The summed E-state index contributed by atoms with van der Waals surface area (Å²) in [6, 6.07) is 18.1. The number of H-pyrrole nitrogens is 1. The first-order valence-electron chi connectivity index (χ1n) is 13.2. The van der Waals surface area contributed by atoms with Crippen LogP contribution in [0.25, 0.3) is 10.9 Å². The zero-order valence-corrected chi connectivity index (χ0v) is 22.7. The van der Waals surface area contributed by atoms with Gasteiger partial charge in [-0.3, -0.25) is 4.79 Å². The van der Waals surface area contributed by atoms with Gasteiger partial charge in [0, 0.05) is 25.3 Å². The van der Waals surface area contributed by atoms with Crippen molar-refractivity contribution in [3.05, 3.63) is 82.3 Å². The Morgan fingerprint density at radius 2 is 1.39 bits per heavy atom. The Labute approximate surface area is 224 Å². The quantitative estimate of drug-likeness (QED) is 0.228. The van der Waals surface area contributed by atoms with E-state index >= 15 is 0 Å². The van der Waals surface area contributed by atoms with E-state index in [0.29, 0.717) is 35.8 Å². The first-order chi connectivity index (χ1) is 18.5. The topological polar surface area (TPSA) is 92.4 Å². The van der Waals surface area contributed by atoms with Crippen LogP contribution in [0.15, 0.2) is 65.6 Å². The highest BCUT2D eigenvalue weighted by molar-refractivity contribution is 5.89. The number of hydrogen-bond acceptors (Lipinski definition) is 7. The smallest absolute Gasteiger partial charge is 0.261 e. The lowest BCUT2D eigenvalue weighted by atomic mass is 10.1. The summed E-state index contributed by atoms with van der Waals surface area (Å²) in [5.41, 5.74) is 2.61. The zero-order chi connectivity index (χ0) is 26.9. The van der Waals surface area contributed by atoms with Gasteiger partial charge in [-0.1, -0.05) is 51.0 Å². The summed E-state index contributed by atoms with van der Waals surface area (Å²) in [6.07, 6.45) is 5.73. The van der Waals surface area contributed by atoms with Crippen molar-refractivity contribution in [1.29, 1.82) is 0 Å². The van der Waals surface area contributed by atoms with Crippen LogP contribution in [-0.2, 0) is 13.1 Å². The van der Waals surface area contributed by atoms with E-state index in [0.717, 1.165) is 48.3 Å². The van der Waals surface area contributed by atoms with Crippen LogP contribution >= 0.6 is 0 Å². The summed E-state index contributed by atoms with van der Waals surface area (Å²) in [6.45, 7) is 5.51. The third-order valence-corrected chi connectivity index (χ3v) is 6.57. The van der Waals surface area contributed by atoms with Crippen molar-refractivity contribution in [2.24, 2.45) is 0 Å². The molecule has 0 radical (unpaired) electrons. The van der Waals surface area contributed by atoms with Crippen LogP contribution in [0.5, 0.6) is 11.5 Å². The molecule has 4 aromatic rings. The third-order valence-electron chi connectivity index (χ3n) is 6.57. The number of ether oxygens (including phenoxy) is 2. The summed E-state index contributed by atoms with van der Waals surface area (Å²) >= 11 is 0. The molecule has 2 N–H and O–H groups in total. The summed E-state index contributed by atoms with van der Waals surface area (Å²) in [7, 11) is 3.32. The van der Waals surface area contributed by atoms with Gasteiger partial charge in [0.25, 0.3) is 5.56 Å². The number of pyridine rings is 1. The number of aromatic nitrogens is 3. The molecular weight excluding hydrogens is 478 g/mol. The van der Waals surface area contributed by atoms with Crippen LogP contribution in [0.4, 0.5) is 11.8 Å². The fourth-order valence-corrected chi connectivity index (χ4v) is 4.60. The lowest BCUT2D eigenvalue weighted by Crippen LogP contribution is -2.27. The predicted octanol–water partition coefficient (Wildman–Crippen LogP) is 5.92. The van der Waals surface area contributed by atoms with Crippen molar-refractivity contribution in [2.45, 2.75) is 58.7 Å². The summed E-state index contributed by atoms with van der Waals surface area (Å²) < 4.78 is 10.7. The minimum absolute atomic E-state index is 0.194. The largest absolute Gasteiger partial charge is 0.497 e. The lowest BCUT2D eigenvalue weighted by molar-refractivity contribution is 0.414. The second-order valence-corrected chi connectivity index (χ2v) is 9.41. The molecule has 38 heavy (non-hydrogen) atoms. The Morgan fingerprint density at radius 1 is 0.842 bits per heavy atom. The van der Waals surface area contributed by atoms with Crippen molar-refractivity contribution in [1.82, 2.24) is 15.0 Å². The maximum atomic E-state index is 12.9. The number of anilines is 2. The minimum Gasteiger partial charge on any atom is -0.497 e. The molecule has 0 aliphatic heterocycles. The van der Waals surface area contributed by atoms with Crippen LogP contribution in [0.1, 0.15) is 50.7 Å². The minimum atomic E-state index is -0.194. The molecule has 0 fully saturated rings. The highest BCUT2D eigenvalue weighted by Crippen LogP contribution is 2.26. The predicted molar refractivity (Wildman–Crippen MR) is 153 cm³/mol. The molecule has 8 nitrogen and oxygen atoms in total. The van der Waals surface area contributed by atoms with Crippen molar-refractivity contribution in [2.75, 3.05) is 24.4 Å². The van der Waals surface area contributed by atoms with Crippen molar-refractivity contribution in [3.63, 3.8) is 0 Å². The van der Waals surface area contributed by atoms with Gasteiger partial charge in [-0.25, -0.2) is 4.98 Å². The summed E-state index contributed by atoms with van der Waals surface area (Å²) in [5, 5.41) is 4.08. The molecule has 4 rings (SSSR count). The Morgan fingerprint density at radius 3 is 1.89 bits per heavy atom. The molecule has 200 valence electrons. The number of nitrogens with zero attached hydrogens (tertiary/aromatic N) is 3. The highest BCUT2D eigenvalue weighted by Gasteiger charge is 2.19. The maximum absolute atomic E-state index is 12.9. The number of hydrogen-bond donors (Lipinski definition) is 2. The van der Waals surface area contributed by atoms with Crippen molar-refractivity contribution >= 4 is 22.7 Å². The average molecular weight is 516 g/mol. The monoisotopic (exact) mass is 515 g/mol. The van der Waals surface area contributed by atoms with Gasteiger partial charge in [0.1, 0.15) is 22.7 Å². The molecule has 0 saturated heterocycles. The molecule has 0 aliphatic carbocycles. The van der Waals surface area contributed by atoms with Gasteiger partial charge in [0.05, 0.1) is 19.7 Å². The Bertz CT molecular complexity index is 1310. The second-order valence-electron chi connectivity index (χ2n) is 9.41. The molecule has 2 aromatic heterocycles. The van der Waals surface area contributed by atoms with Crippen LogP contribution in [0, 0.1) is 0 Å². The molecule has 0 aliphatic rings. The fraction of sp³-hybridized carbons (Fsp3) is 0.367. The molecule has 0 spiro atoms. The van der Waals surface area contributed by atoms with Gasteiger partial charge in [-0.2, -0.15) is 4.98 Å². The van der Waals surface area contributed by atoms with Gasteiger partial charge in [-0.15, -0.1) is 0 Å². The molecule has 0 saturated carbocycles. The molecule has 0 unspecified atom stereocenters. The van der Waals surface area contributed by atoms with Crippen LogP contribution in [-0.4, -0.2) is 35.2 Å². The molecule has 8 heteroatoms. The lowest BCUT2D eigenvalue weighted by Gasteiger charge is -2.25. The van der Waals surface area contributed by atoms with E-state index in [9.17, 15) is 4.79 Å². The number of aromatic amines is 1. The average Bonchev–Trinajstić information content (AvgIpc) is 2.93. The number of methoxy groups -OCH3 is 2. The maximum Gasteiger partial charge on any atom is 0.261 e. The Balaban J connectivity index is 1.77. The van der Waals surface area contributed by atoms with Crippen molar-refractivity contribution in [3.8, 4) is 11.5 Å².